The maximum Gasteiger partial charge on any atom is 0.234 e. The number of benzene rings is 2. The van der Waals surface area contributed by atoms with Crippen LogP contribution < -0.4 is 5.32 Å². The van der Waals surface area contributed by atoms with E-state index in [4.69, 9.17) is 16.0 Å². The molecule has 3 aromatic rings. The monoisotopic (exact) mass is 358 g/mol. The first-order valence-corrected chi connectivity index (χ1v) is 9.12. The third-order valence-electron chi connectivity index (χ3n) is 3.80. The van der Waals surface area contributed by atoms with Gasteiger partial charge in [0.25, 0.3) is 0 Å². The molecule has 24 heavy (non-hydrogen) atoms. The van der Waals surface area contributed by atoms with Crippen LogP contribution in [0.3, 0.4) is 0 Å². The molecule has 0 aliphatic heterocycles. The summed E-state index contributed by atoms with van der Waals surface area (Å²) in [6.45, 7) is 0. The van der Waals surface area contributed by atoms with Crippen LogP contribution in [-0.2, 0) is 4.79 Å². The number of carbonyl (C=O) groups is 1. The fourth-order valence-electron chi connectivity index (χ4n) is 2.40. The molecular weight excluding hydrogens is 344 g/mol. The fourth-order valence-corrected chi connectivity index (χ4v) is 3.23. The van der Waals surface area contributed by atoms with Gasteiger partial charge in [0, 0.05) is 21.5 Å². The molecule has 122 valence electrons. The minimum absolute atomic E-state index is 0.0554. The molecule has 0 atom stereocenters. The van der Waals surface area contributed by atoms with Crippen molar-refractivity contribution in [1.82, 2.24) is 4.98 Å². The van der Waals surface area contributed by atoms with E-state index in [0.29, 0.717) is 16.7 Å². The van der Waals surface area contributed by atoms with Crippen molar-refractivity contribution in [1.29, 1.82) is 0 Å². The quantitative estimate of drug-likeness (QED) is 0.645. The second-order valence-corrected chi connectivity index (χ2v) is 7.28. The Morgan fingerprint density at radius 2 is 2.04 bits per heavy atom. The molecule has 0 radical (unpaired) electrons. The smallest absolute Gasteiger partial charge is 0.234 e. The summed E-state index contributed by atoms with van der Waals surface area (Å²) in [4.78, 5) is 17.6. The summed E-state index contributed by atoms with van der Waals surface area (Å²) in [5.74, 6) is 1.57. The van der Waals surface area contributed by atoms with Gasteiger partial charge in [-0.3, -0.25) is 4.79 Å². The summed E-state index contributed by atoms with van der Waals surface area (Å²) >= 11 is 7.32. The van der Waals surface area contributed by atoms with Crippen LogP contribution in [0.5, 0.6) is 0 Å². The highest BCUT2D eigenvalue weighted by molar-refractivity contribution is 8.00. The molecule has 0 saturated heterocycles. The van der Waals surface area contributed by atoms with Crippen LogP contribution in [0.2, 0.25) is 5.02 Å². The Kier molecular flexibility index (Phi) is 4.21. The molecule has 0 spiro atoms. The topological polar surface area (TPSA) is 55.1 Å². The predicted octanol–water partition coefficient (Wildman–Crippen LogP) is 5.09. The van der Waals surface area contributed by atoms with Crippen molar-refractivity contribution in [2.75, 3.05) is 11.1 Å². The molecule has 1 heterocycles. The molecule has 0 bridgehead atoms. The van der Waals surface area contributed by atoms with E-state index < -0.39 is 0 Å². The summed E-state index contributed by atoms with van der Waals surface area (Å²) in [7, 11) is 0. The lowest BCUT2D eigenvalue weighted by molar-refractivity contribution is -0.113. The number of rotatable bonds is 5. The molecule has 4 nitrogen and oxygen atoms in total. The van der Waals surface area contributed by atoms with Crippen LogP contribution in [0, 0.1) is 0 Å². The number of nitrogens with zero attached hydrogens (tertiary/aromatic N) is 1. The van der Waals surface area contributed by atoms with E-state index >= 15 is 0 Å². The minimum Gasteiger partial charge on any atom is -0.440 e. The molecule has 1 N–H and O–H groups in total. The average Bonchev–Trinajstić information content (AvgIpc) is 3.34. The largest absolute Gasteiger partial charge is 0.440 e. The van der Waals surface area contributed by atoms with Gasteiger partial charge in [-0.15, -0.1) is 11.8 Å². The van der Waals surface area contributed by atoms with Crippen molar-refractivity contribution < 1.29 is 9.21 Å². The number of halogens is 1. The van der Waals surface area contributed by atoms with E-state index in [-0.39, 0.29) is 5.91 Å². The lowest BCUT2D eigenvalue weighted by Gasteiger charge is -2.05. The van der Waals surface area contributed by atoms with Gasteiger partial charge in [-0.1, -0.05) is 11.6 Å². The number of carbonyl (C=O) groups excluding carboxylic acids is 1. The van der Waals surface area contributed by atoms with Crippen LogP contribution in [0.15, 0.2) is 51.8 Å². The molecule has 1 aliphatic carbocycles. The van der Waals surface area contributed by atoms with Crippen molar-refractivity contribution >= 4 is 46.1 Å². The zero-order chi connectivity index (χ0) is 16.5. The van der Waals surface area contributed by atoms with Crippen molar-refractivity contribution in [3.05, 3.63) is 53.4 Å². The number of nitrogens with one attached hydrogen (secondary N) is 1. The third kappa shape index (κ3) is 3.57. The van der Waals surface area contributed by atoms with E-state index in [9.17, 15) is 4.79 Å². The lowest BCUT2D eigenvalue weighted by Crippen LogP contribution is -2.13. The Morgan fingerprint density at radius 3 is 2.79 bits per heavy atom. The van der Waals surface area contributed by atoms with E-state index in [2.05, 4.69) is 10.3 Å². The highest BCUT2D eigenvalue weighted by Gasteiger charge is 2.28. The molecule has 4 rings (SSSR count). The van der Waals surface area contributed by atoms with Crippen LogP contribution in [-0.4, -0.2) is 16.6 Å². The Bertz CT molecular complexity index is 888. The number of fused-ring (bicyclic) bond motifs is 1. The van der Waals surface area contributed by atoms with Gasteiger partial charge in [-0.25, -0.2) is 4.98 Å². The lowest BCUT2D eigenvalue weighted by atomic mass is 10.3. The van der Waals surface area contributed by atoms with Gasteiger partial charge in [0.2, 0.25) is 5.91 Å². The number of aromatic nitrogens is 1. The predicted molar refractivity (Wildman–Crippen MR) is 96.8 cm³/mol. The SMILES string of the molecule is O=C(CSc1ccc(Cl)cc1)Nc1ccc2oc(C3CC3)nc2c1. The number of amides is 1. The van der Waals surface area contributed by atoms with Crippen molar-refractivity contribution in [3.8, 4) is 0 Å². The number of hydrogen-bond acceptors (Lipinski definition) is 4. The molecule has 1 aliphatic rings. The van der Waals surface area contributed by atoms with Crippen LogP contribution in [0.1, 0.15) is 24.7 Å². The average molecular weight is 359 g/mol. The van der Waals surface area contributed by atoms with E-state index in [1.807, 2.05) is 42.5 Å². The van der Waals surface area contributed by atoms with Gasteiger partial charge < -0.3 is 9.73 Å². The maximum absolute atomic E-state index is 12.1. The minimum atomic E-state index is -0.0554. The van der Waals surface area contributed by atoms with Gasteiger partial charge in [-0.05, 0) is 55.3 Å². The third-order valence-corrected chi connectivity index (χ3v) is 5.06. The maximum atomic E-state index is 12.1. The summed E-state index contributed by atoms with van der Waals surface area (Å²) in [5.41, 5.74) is 2.30. The normalized spacial score (nSPS) is 14.0. The second kappa shape index (κ2) is 6.49. The van der Waals surface area contributed by atoms with E-state index in [1.165, 1.54) is 11.8 Å². The standard InChI is InChI=1S/C18H15ClN2O2S/c19-12-3-6-14(7-4-12)24-10-17(22)20-13-5-8-16-15(9-13)21-18(23-16)11-1-2-11/h3-9,11H,1-2,10H2,(H,20,22). The zero-order valence-corrected chi connectivity index (χ0v) is 14.4. The molecule has 1 fully saturated rings. The highest BCUT2D eigenvalue weighted by Crippen LogP contribution is 2.40. The molecule has 6 heteroatoms. The van der Waals surface area contributed by atoms with Crippen LogP contribution in [0.25, 0.3) is 11.1 Å². The van der Waals surface area contributed by atoms with Crippen LogP contribution in [0.4, 0.5) is 5.69 Å². The molecular formula is C18H15ClN2O2S. The Morgan fingerprint density at radius 1 is 1.25 bits per heavy atom. The summed E-state index contributed by atoms with van der Waals surface area (Å²) in [6.07, 6.45) is 2.30. The fraction of sp³-hybridized carbons (Fsp3) is 0.222. The molecule has 1 aromatic heterocycles. The first-order chi connectivity index (χ1) is 11.7. The van der Waals surface area contributed by atoms with Crippen molar-refractivity contribution in [3.63, 3.8) is 0 Å². The molecule has 2 aromatic carbocycles. The van der Waals surface area contributed by atoms with Crippen molar-refractivity contribution in [2.24, 2.45) is 0 Å². The second-order valence-electron chi connectivity index (χ2n) is 5.80. The van der Waals surface area contributed by atoms with Gasteiger partial charge in [0.05, 0.1) is 5.75 Å². The Hall–Kier alpha value is -1.98. The molecule has 0 unspecified atom stereocenters. The number of oxazole rings is 1. The van der Waals surface area contributed by atoms with Gasteiger partial charge in [-0.2, -0.15) is 0 Å². The number of anilines is 1. The van der Waals surface area contributed by atoms with Gasteiger partial charge in [0.15, 0.2) is 11.5 Å². The Labute approximate surface area is 148 Å². The molecule has 1 saturated carbocycles. The summed E-state index contributed by atoms with van der Waals surface area (Å²) < 4.78 is 5.73. The van der Waals surface area contributed by atoms with Gasteiger partial charge >= 0.3 is 0 Å². The summed E-state index contributed by atoms with van der Waals surface area (Å²) in [6, 6.07) is 13.0. The number of hydrogen-bond donors (Lipinski definition) is 1. The molecule has 1 amide bonds. The number of thioether (sulfide) groups is 1. The summed E-state index contributed by atoms with van der Waals surface area (Å²) in [5, 5.41) is 3.59. The van der Waals surface area contributed by atoms with Gasteiger partial charge in [0.1, 0.15) is 5.52 Å². The highest BCUT2D eigenvalue weighted by atomic mass is 35.5. The Balaban J connectivity index is 1.39. The van der Waals surface area contributed by atoms with E-state index in [1.54, 1.807) is 0 Å². The first kappa shape index (κ1) is 15.5. The zero-order valence-electron chi connectivity index (χ0n) is 12.8. The van der Waals surface area contributed by atoms with Crippen molar-refractivity contribution in [2.45, 2.75) is 23.7 Å². The first-order valence-electron chi connectivity index (χ1n) is 7.76. The van der Waals surface area contributed by atoms with Crippen LogP contribution >= 0.6 is 23.4 Å². The van der Waals surface area contributed by atoms with E-state index in [0.717, 1.165) is 40.4 Å².